The Morgan fingerprint density at radius 1 is 1.53 bits per heavy atom. The molecule has 0 aliphatic carbocycles. The number of hydrogen-bond donors (Lipinski definition) is 1. The number of nitrogens with two attached hydrogens (primary N) is 1. The monoisotopic (exact) mass is 206 g/mol. The number of aryl methyl sites for hydroxylation is 1. The summed E-state index contributed by atoms with van der Waals surface area (Å²) in [6.45, 7) is 1.80. The lowest BCUT2D eigenvalue weighted by Gasteiger charge is -2.02. The third-order valence-electron chi connectivity index (χ3n) is 2.16. The molecule has 0 spiro atoms. The van der Waals surface area contributed by atoms with Gasteiger partial charge in [-0.15, -0.1) is 0 Å². The van der Waals surface area contributed by atoms with Gasteiger partial charge in [0.2, 0.25) is 0 Å². The molecule has 5 nitrogen and oxygen atoms in total. The Labute approximate surface area is 85.8 Å². The van der Waals surface area contributed by atoms with Gasteiger partial charge >= 0.3 is 5.97 Å². The number of fused-ring (bicyclic) bond motifs is 1. The summed E-state index contributed by atoms with van der Waals surface area (Å²) in [5, 5.41) is 0. The van der Waals surface area contributed by atoms with Crippen LogP contribution in [0.25, 0.3) is 11.1 Å². The van der Waals surface area contributed by atoms with Crippen molar-refractivity contribution >= 4 is 23.1 Å². The Hall–Kier alpha value is -2.04. The lowest BCUT2D eigenvalue weighted by Crippen LogP contribution is -2.03. The first kappa shape index (κ1) is 9.51. The summed E-state index contributed by atoms with van der Waals surface area (Å²) >= 11 is 0. The summed E-state index contributed by atoms with van der Waals surface area (Å²) < 4.78 is 9.78. The minimum absolute atomic E-state index is 0.0893. The highest BCUT2D eigenvalue weighted by atomic mass is 16.5. The highest BCUT2D eigenvalue weighted by molar-refractivity contribution is 5.95. The molecular weight excluding hydrogens is 196 g/mol. The van der Waals surface area contributed by atoms with Crippen LogP contribution in [0.5, 0.6) is 0 Å². The fraction of sp³-hybridized carbons (Fsp3) is 0.200. The van der Waals surface area contributed by atoms with E-state index in [1.807, 2.05) is 0 Å². The quantitative estimate of drug-likeness (QED) is 0.715. The minimum atomic E-state index is -0.393. The summed E-state index contributed by atoms with van der Waals surface area (Å²) in [5.41, 5.74) is 7.77. The van der Waals surface area contributed by atoms with Gasteiger partial charge in [-0.3, -0.25) is 0 Å². The van der Waals surface area contributed by atoms with Crippen molar-refractivity contribution < 1.29 is 13.9 Å². The van der Waals surface area contributed by atoms with Crippen molar-refractivity contribution in [3.05, 3.63) is 23.3 Å². The number of ether oxygens (including phenoxy) is 1. The average Bonchev–Trinajstić information content (AvgIpc) is 2.55. The Bertz CT molecular complexity index is 531. The highest BCUT2D eigenvalue weighted by Gasteiger charge is 2.13. The summed E-state index contributed by atoms with van der Waals surface area (Å²) in [6, 6.07) is 3.41. The van der Waals surface area contributed by atoms with Gasteiger partial charge in [-0.1, -0.05) is 0 Å². The molecule has 15 heavy (non-hydrogen) atoms. The van der Waals surface area contributed by atoms with Crippen molar-refractivity contribution in [3.8, 4) is 0 Å². The normalized spacial score (nSPS) is 10.5. The zero-order valence-electron chi connectivity index (χ0n) is 8.40. The Morgan fingerprint density at radius 2 is 2.27 bits per heavy atom. The van der Waals surface area contributed by atoms with Gasteiger partial charge in [0.25, 0.3) is 6.01 Å². The molecule has 0 atom stereocenters. The smallest absolute Gasteiger partial charge is 0.338 e. The van der Waals surface area contributed by atoms with Gasteiger partial charge in [0.1, 0.15) is 5.52 Å². The lowest BCUT2D eigenvalue weighted by molar-refractivity contribution is 0.0600. The van der Waals surface area contributed by atoms with E-state index in [4.69, 9.17) is 10.2 Å². The van der Waals surface area contributed by atoms with E-state index in [2.05, 4.69) is 9.72 Å². The third kappa shape index (κ3) is 1.52. The van der Waals surface area contributed by atoms with Crippen LogP contribution in [-0.2, 0) is 4.74 Å². The molecule has 0 amide bonds. The van der Waals surface area contributed by atoms with Crippen LogP contribution in [0.4, 0.5) is 6.01 Å². The lowest BCUT2D eigenvalue weighted by atomic mass is 10.1. The average molecular weight is 206 g/mol. The van der Waals surface area contributed by atoms with Gasteiger partial charge in [-0.25, -0.2) is 4.79 Å². The van der Waals surface area contributed by atoms with Crippen molar-refractivity contribution in [1.82, 2.24) is 4.98 Å². The summed E-state index contributed by atoms with van der Waals surface area (Å²) in [7, 11) is 1.34. The topological polar surface area (TPSA) is 78.3 Å². The van der Waals surface area contributed by atoms with E-state index in [9.17, 15) is 4.79 Å². The number of esters is 1. The maximum absolute atomic E-state index is 11.4. The second-order valence-corrected chi connectivity index (χ2v) is 3.18. The van der Waals surface area contributed by atoms with Crippen LogP contribution in [0.3, 0.4) is 0 Å². The van der Waals surface area contributed by atoms with E-state index in [0.29, 0.717) is 16.7 Å². The van der Waals surface area contributed by atoms with Crippen molar-refractivity contribution in [2.45, 2.75) is 6.92 Å². The van der Waals surface area contributed by atoms with E-state index < -0.39 is 5.97 Å². The van der Waals surface area contributed by atoms with Crippen molar-refractivity contribution in [2.24, 2.45) is 0 Å². The number of oxazole rings is 1. The van der Waals surface area contributed by atoms with Crippen LogP contribution in [-0.4, -0.2) is 18.1 Å². The number of methoxy groups -OCH3 is 1. The number of hydrogen-bond acceptors (Lipinski definition) is 5. The molecule has 0 aliphatic heterocycles. The second kappa shape index (κ2) is 3.27. The Kier molecular flexibility index (Phi) is 2.07. The highest BCUT2D eigenvalue weighted by Crippen LogP contribution is 2.21. The standard InChI is InChI=1S/C10H10N2O3/c1-5-3-8-7(12-10(11)15-8)4-6(5)9(13)14-2/h3-4H,1-2H3,(H2,11,12). The predicted octanol–water partition coefficient (Wildman–Crippen LogP) is 1.51. The number of anilines is 1. The number of benzene rings is 1. The molecule has 0 fully saturated rings. The predicted molar refractivity (Wildman–Crippen MR) is 54.5 cm³/mol. The van der Waals surface area contributed by atoms with Gasteiger partial charge in [-0.2, -0.15) is 4.98 Å². The van der Waals surface area contributed by atoms with E-state index in [1.54, 1.807) is 19.1 Å². The first-order valence-corrected chi connectivity index (χ1v) is 4.37. The van der Waals surface area contributed by atoms with E-state index in [0.717, 1.165) is 5.56 Å². The zero-order valence-corrected chi connectivity index (χ0v) is 8.40. The molecule has 2 N–H and O–H groups in total. The molecule has 1 aromatic heterocycles. The SMILES string of the molecule is COC(=O)c1cc2nc(N)oc2cc1C. The number of carbonyl (C=O) groups excluding carboxylic acids is 1. The molecule has 0 radical (unpaired) electrons. The van der Waals surface area contributed by atoms with E-state index in [-0.39, 0.29) is 6.01 Å². The van der Waals surface area contributed by atoms with Gasteiger partial charge in [0.05, 0.1) is 12.7 Å². The van der Waals surface area contributed by atoms with E-state index >= 15 is 0 Å². The molecule has 2 aromatic rings. The number of aromatic nitrogens is 1. The maximum Gasteiger partial charge on any atom is 0.338 e. The van der Waals surface area contributed by atoms with Crippen LogP contribution in [0, 0.1) is 6.92 Å². The summed E-state index contributed by atoms with van der Waals surface area (Å²) in [6.07, 6.45) is 0. The number of carbonyl (C=O) groups is 1. The van der Waals surface area contributed by atoms with Gasteiger partial charge in [0.15, 0.2) is 5.58 Å². The number of nitrogens with zero attached hydrogens (tertiary/aromatic N) is 1. The summed E-state index contributed by atoms with van der Waals surface area (Å²) in [4.78, 5) is 15.3. The molecule has 78 valence electrons. The molecule has 1 aromatic carbocycles. The first-order valence-electron chi connectivity index (χ1n) is 4.37. The minimum Gasteiger partial charge on any atom is -0.465 e. The van der Waals surface area contributed by atoms with Crippen LogP contribution in [0.15, 0.2) is 16.5 Å². The van der Waals surface area contributed by atoms with Crippen molar-refractivity contribution in [3.63, 3.8) is 0 Å². The maximum atomic E-state index is 11.4. The fourth-order valence-corrected chi connectivity index (χ4v) is 1.42. The molecule has 1 heterocycles. The Morgan fingerprint density at radius 3 is 2.93 bits per heavy atom. The van der Waals surface area contributed by atoms with Crippen LogP contribution >= 0.6 is 0 Å². The van der Waals surface area contributed by atoms with Crippen molar-refractivity contribution in [2.75, 3.05) is 12.8 Å². The van der Waals surface area contributed by atoms with Gasteiger partial charge in [0, 0.05) is 0 Å². The molecule has 0 aliphatic rings. The molecular formula is C10H10N2O3. The van der Waals surface area contributed by atoms with Crippen LogP contribution < -0.4 is 5.73 Å². The molecule has 0 saturated heterocycles. The van der Waals surface area contributed by atoms with Crippen LogP contribution in [0.2, 0.25) is 0 Å². The molecule has 0 unspecified atom stereocenters. The molecule has 0 bridgehead atoms. The molecule has 5 heteroatoms. The third-order valence-corrected chi connectivity index (χ3v) is 2.16. The zero-order chi connectivity index (χ0) is 11.0. The number of rotatable bonds is 1. The fourth-order valence-electron chi connectivity index (χ4n) is 1.42. The first-order chi connectivity index (χ1) is 7.11. The second-order valence-electron chi connectivity index (χ2n) is 3.18. The molecule has 2 rings (SSSR count). The number of nitrogen functional groups attached to an aromatic ring is 1. The Balaban J connectivity index is 2.66. The van der Waals surface area contributed by atoms with Crippen molar-refractivity contribution in [1.29, 1.82) is 0 Å². The van der Waals surface area contributed by atoms with Gasteiger partial charge in [-0.05, 0) is 24.6 Å². The van der Waals surface area contributed by atoms with Crippen LogP contribution in [0.1, 0.15) is 15.9 Å². The molecule has 0 saturated carbocycles. The largest absolute Gasteiger partial charge is 0.465 e. The van der Waals surface area contributed by atoms with Gasteiger partial charge < -0.3 is 14.9 Å². The van der Waals surface area contributed by atoms with E-state index in [1.165, 1.54) is 7.11 Å². The summed E-state index contributed by atoms with van der Waals surface area (Å²) in [5.74, 6) is -0.393.